The number of ether oxygens (including phenoxy) is 2. The lowest BCUT2D eigenvalue weighted by molar-refractivity contribution is -0.123. The molecule has 0 fully saturated rings. The Morgan fingerprint density at radius 3 is 2.33 bits per heavy atom. The molecule has 0 saturated heterocycles. The second kappa shape index (κ2) is 10.8. The number of sulfonamides is 1. The molecule has 3 rings (SSSR count). The molecular weight excluding hydrogens is 448 g/mol. The van der Waals surface area contributed by atoms with Crippen LogP contribution in [0, 0.1) is 0 Å². The minimum atomic E-state index is -3.79. The first-order chi connectivity index (χ1) is 15.8. The van der Waals surface area contributed by atoms with E-state index in [1.165, 1.54) is 37.5 Å². The predicted octanol–water partition coefficient (Wildman–Crippen LogP) is 3.34. The van der Waals surface area contributed by atoms with Gasteiger partial charge in [0.25, 0.3) is 5.91 Å². The van der Waals surface area contributed by atoms with Gasteiger partial charge < -0.3 is 19.2 Å². The molecule has 0 aliphatic heterocycles. The van der Waals surface area contributed by atoms with Crippen molar-refractivity contribution in [3.05, 3.63) is 78.3 Å². The highest BCUT2D eigenvalue weighted by atomic mass is 32.2. The molecule has 1 atom stereocenters. The first-order valence-electron chi connectivity index (χ1n) is 10.2. The number of furan rings is 1. The zero-order valence-electron chi connectivity index (χ0n) is 18.1. The van der Waals surface area contributed by atoms with Crippen molar-refractivity contribution in [3.8, 4) is 5.75 Å². The van der Waals surface area contributed by atoms with E-state index in [4.69, 9.17) is 13.9 Å². The number of hydrogen-bond donors (Lipinski definition) is 2. The summed E-state index contributed by atoms with van der Waals surface area (Å²) in [6.07, 6.45) is 0.381. The van der Waals surface area contributed by atoms with Crippen LogP contribution in [0.5, 0.6) is 5.75 Å². The summed E-state index contributed by atoms with van der Waals surface area (Å²) in [7, 11) is -3.79. The Labute approximate surface area is 191 Å². The van der Waals surface area contributed by atoms with Gasteiger partial charge in [-0.25, -0.2) is 17.9 Å². The summed E-state index contributed by atoms with van der Waals surface area (Å²) in [6.45, 7) is 3.85. The summed E-state index contributed by atoms with van der Waals surface area (Å²) < 4.78 is 42.8. The molecule has 174 valence electrons. The number of nitrogens with one attached hydrogen (secondary N) is 2. The molecule has 1 unspecified atom stereocenters. The molecule has 1 aromatic heterocycles. The minimum Gasteiger partial charge on any atom is -0.494 e. The van der Waals surface area contributed by atoms with Crippen LogP contribution in [0.3, 0.4) is 0 Å². The minimum absolute atomic E-state index is 0.000107. The van der Waals surface area contributed by atoms with Crippen LogP contribution in [0.25, 0.3) is 0 Å². The van der Waals surface area contributed by atoms with Gasteiger partial charge in [0.05, 0.1) is 29.9 Å². The van der Waals surface area contributed by atoms with Crippen molar-refractivity contribution in [3.63, 3.8) is 0 Å². The molecule has 33 heavy (non-hydrogen) atoms. The summed E-state index contributed by atoms with van der Waals surface area (Å²) in [5, 5.41) is 2.66. The van der Waals surface area contributed by atoms with Crippen molar-refractivity contribution in [2.45, 2.75) is 31.4 Å². The van der Waals surface area contributed by atoms with Crippen molar-refractivity contribution in [2.24, 2.45) is 0 Å². The smallest absolute Gasteiger partial charge is 0.338 e. The highest BCUT2D eigenvalue weighted by Gasteiger charge is 2.20. The Bertz CT molecular complexity index is 1170. The van der Waals surface area contributed by atoms with Crippen LogP contribution in [-0.2, 0) is 26.1 Å². The molecule has 1 amide bonds. The van der Waals surface area contributed by atoms with Crippen molar-refractivity contribution in [1.29, 1.82) is 0 Å². The Morgan fingerprint density at radius 1 is 1.03 bits per heavy atom. The monoisotopic (exact) mass is 472 g/mol. The fraction of sp³-hybridized carbons (Fsp3) is 0.217. The summed E-state index contributed by atoms with van der Waals surface area (Å²) in [4.78, 5) is 24.7. The van der Waals surface area contributed by atoms with E-state index in [0.29, 0.717) is 23.8 Å². The van der Waals surface area contributed by atoms with Crippen LogP contribution in [0.4, 0.5) is 5.69 Å². The number of esters is 1. The van der Waals surface area contributed by atoms with E-state index < -0.39 is 28.0 Å². The van der Waals surface area contributed by atoms with Gasteiger partial charge in [-0.1, -0.05) is 0 Å². The van der Waals surface area contributed by atoms with E-state index in [-0.39, 0.29) is 17.0 Å². The zero-order chi connectivity index (χ0) is 23.8. The average molecular weight is 473 g/mol. The molecule has 0 saturated carbocycles. The lowest BCUT2D eigenvalue weighted by Crippen LogP contribution is -2.30. The molecule has 0 aliphatic rings. The third kappa shape index (κ3) is 6.67. The van der Waals surface area contributed by atoms with Gasteiger partial charge in [-0.3, -0.25) is 4.79 Å². The summed E-state index contributed by atoms with van der Waals surface area (Å²) in [5.41, 5.74) is 0.642. The highest BCUT2D eigenvalue weighted by molar-refractivity contribution is 7.89. The average Bonchev–Trinajstić information content (AvgIpc) is 3.33. The summed E-state index contributed by atoms with van der Waals surface area (Å²) in [6, 6.07) is 15.3. The van der Waals surface area contributed by atoms with E-state index in [1.54, 1.807) is 36.4 Å². The molecule has 0 bridgehead atoms. The Hall–Kier alpha value is -3.63. The third-order valence-electron chi connectivity index (χ3n) is 4.50. The predicted molar refractivity (Wildman–Crippen MR) is 120 cm³/mol. The van der Waals surface area contributed by atoms with Crippen LogP contribution in [0.2, 0.25) is 0 Å². The maximum absolute atomic E-state index is 12.4. The largest absolute Gasteiger partial charge is 0.494 e. The fourth-order valence-corrected chi connectivity index (χ4v) is 3.75. The molecule has 10 heteroatoms. The summed E-state index contributed by atoms with van der Waals surface area (Å²) >= 11 is 0. The maximum atomic E-state index is 12.4. The topological polar surface area (TPSA) is 124 Å². The molecule has 9 nitrogen and oxygen atoms in total. The maximum Gasteiger partial charge on any atom is 0.338 e. The first-order valence-corrected chi connectivity index (χ1v) is 11.6. The molecule has 2 N–H and O–H groups in total. The van der Waals surface area contributed by atoms with Gasteiger partial charge in [0.1, 0.15) is 11.5 Å². The highest BCUT2D eigenvalue weighted by Crippen LogP contribution is 2.17. The quantitative estimate of drug-likeness (QED) is 0.434. The zero-order valence-corrected chi connectivity index (χ0v) is 18.9. The Morgan fingerprint density at radius 2 is 1.73 bits per heavy atom. The number of rotatable bonds is 10. The number of carbonyl (C=O) groups excluding carboxylic acids is 2. The van der Waals surface area contributed by atoms with Gasteiger partial charge in [0, 0.05) is 5.69 Å². The number of hydrogen-bond acceptors (Lipinski definition) is 7. The number of carbonyl (C=O) groups is 2. The third-order valence-corrected chi connectivity index (χ3v) is 5.92. The van der Waals surface area contributed by atoms with Crippen molar-refractivity contribution in [1.82, 2.24) is 4.72 Å². The normalized spacial score (nSPS) is 12.1. The molecule has 2 aromatic carbocycles. The molecule has 3 aromatic rings. The SMILES string of the molecule is CCOc1ccc(NC(=O)C(C)OC(=O)c2ccc(S(=O)(=O)NCc3ccco3)cc2)cc1. The Balaban J connectivity index is 1.55. The molecular formula is C23H24N2O7S. The Kier molecular flexibility index (Phi) is 7.86. The van der Waals surface area contributed by atoms with Crippen molar-refractivity contribution >= 4 is 27.6 Å². The molecule has 0 aliphatic carbocycles. The second-order valence-electron chi connectivity index (χ2n) is 6.92. The van der Waals surface area contributed by atoms with Gasteiger partial charge in [0.15, 0.2) is 6.10 Å². The van der Waals surface area contributed by atoms with Crippen LogP contribution >= 0.6 is 0 Å². The van der Waals surface area contributed by atoms with Crippen LogP contribution in [-0.4, -0.2) is 33.0 Å². The lowest BCUT2D eigenvalue weighted by atomic mass is 10.2. The fourth-order valence-electron chi connectivity index (χ4n) is 2.76. The van der Waals surface area contributed by atoms with Crippen LogP contribution < -0.4 is 14.8 Å². The molecule has 0 spiro atoms. The molecule has 0 radical (unpaired) electrons. The second-order valence-corrected chi connectivity index (χ2v) is 8.69. The van der Waals surface area contributed by atoms with Gasteiger partial charge >= 0.3 is 5.97 Å². The van der Waals surface area contributed by atoms with Gasteiger partial charge in [-0.05, 0) is 74.5 Å². The van der Waals surface area contributed by atoms with E-state index in [0.717, 1.165) is 0 Å². The lowest BCUT2D eigenvalue weighted by Gasteiger charge is -2.14. The molecule has 1 heterocycles. The standard InChI is InChI=1S/C23H24N2O7S/c1-3-30-19-10-8-18(9-11-19)25-22(26)16(2)32-23(27)17-6-12-21(13-7-17)33(28,29)24-15-20-5-4-14-31-20/h4-14,16,24H,3,15H2,1-2H3,(H,25,26). The van der Waals surface area contributed by atoms with E-state index >= 15 is 0 Å². The first kappa shape index (κ1) is 24.0. The van der Waals surface area contributed by atoms with Gasteiger partial charge in [0.2, 0.25) is 10.0 Å². The van der Waals surface area contributed by atoms with E-state index in [2.05, 4.69) is 10.0 Å². The van der Waals surface area contributed by atoms with E-state index in [9.17, 15) is 18.0 Å². The van der Waals surface area contributed by atoms with Gasteiger partial charge in [-0.15, -0.1) is 0 Å². The van der Waals surface area contributed by atoms with Crippen LogP contribution in [0.15, 0.2) is 76.2 Å². The number of anilines is 1. The van der Waals surface area contributed by atoms with Crippen molar-refractivity contribution < 1.29 is 31.9 Å². The van der Waals surface area contributed by atoms with Crippen LogP contribution in [0.1, 0.15) is 30.0 Å². The number of amides is 1. The van der Waals surface area contributed by atoms with Crippen molar-refractivity contribution in [2.75, 3.05) is 11.9 Å². The van der Waals surface area contributed by atoms with E-state index in [1.807, 2.05) is 6.92 Å². The summed E-state index contributed by atoms with van der Waals surface area (Å²) in [5.74, 6) is -0.112. The van der Waals surface area contributed by atoms with Gasteiger partial charge in [-0.2, -0.15) is 0 Å². The number of benzene rings is 2.